The average Bonchev–Trinajstić information content (AvgIpc) is 2.35. The van der Waals surface area contributed by atoms with E-state index in [4.69, 9.17) is 0 Å². The van der Waals surface area contributed by atoms with Crippen molar-refractivity contribution < 1.29 is 0 Å². The zero-order valence-corrected chi connectivity index (χ0v) is 9.66. The van der Waals surface area contributed by atoms with Gasteiger partial charge in [-0.3, -0.25) is 0 Å². The Bertz CT molecular complexity index is 494. The Labute approximate surface area is 96.8 Å². The van der Waals surface area contributed by atoms with E-state index in [2.05, 4.69) is 61.3 Å². The van der Waals surface area contributed by atoms with Crippen LogP contribution in [-0.2, 0) is 6.54 Å². The SMILES string of the molecule is C=C(CC)NCc1cccc2ccccc12. The highest BCUT2D eigenvalue weighted by Gasteiger charge is 1.99. The van der Waals surface area contributed by atoms with E-state index in [9.17, 15) is 0 Å². The lowest BCUT2D eigenvalue weighted by atomic mass is 10.0. The molecule has 2 aromatic rings. The molecule has 0 fully saturated rings. The van der Waals surface area contributed by atoms with E-state index in [1.807, 2.05) is 0 Å². The van der Waals surface area contributed by atoms with Crippen molar-refractivity contribution in [2.45, 2.75) is 19.9 Å². The third-order valence-electron chi connectivity index (χ3n) is 2.84. The Hall–Kier alpha value is -1.76. The first-order valence-electron chi connectivity index (χ1n) is 5.69. The van der Waals surface area contributed by atoms with Gasteiger partial charge >= 0.3 is 0 Å². The Morgan fingerprint density at radius 2 is 1.88 bits per heavy atom. The molecule has 82 valence electrons. The maximum absolute atomic E-state index is 3.96. The Morgan fingerprint density at radius 3 is 2.69 bits per heavy atom. The van der Waals surface area contributed by atoms with Crippen molar-refractivity contribution in [3.05, 3.63) is 60.3 Å². The molecule has 1 nitrogen and oxygen atoms in total. The molecule has 2 aromatic carbocycles. The Morgan fingerprint density at radius 1 is 1.12 bits per heavy atom. The summed E-state index contributed by atoms with van der Waals surface area (Å²) in [5.74, 6) is 0. The van der Waals surface area contributed by atoms with Crippen molar-refractivity contribution in [1.29, 1.82) is 0 Å². The number of allylic oxidation sites excluding steroid dienone is 1. The predicted octanol–water partition coefficient (Wildman–Crippen LogP) is 3.85. The molecule has 0 bridgehead atoms. The average molecular weight is 211 g/mol. The summed E-state index contributed by atoms with van der Waals surface area (Å²) in [4.78, 5) is 0. The molecule has 0 aliphatic rings. The molecule has 0 spiro atoms. The van der Waals surface area contributed by atoms with Gasteiger partial charge < -0.3 is 5.32 Å². The monoisotopic (exact) mass is 211 g/mol. The highest BCUT2D eigenvalue weighted by atomic mass is 14.9. The van der Waals surface area contributed by atoms with Gasteiger partial charge in [-0.15, -0.1) is 0 Å². The van der Waals surface area contributed by atoms with E-state index in [-0.39, 0.29) is 0 Å². The second-order valence-electron chi connectivity index (χ2n) is 3.95. The molecule has 16 heavy (non-hydrogen) atoms. The summed E-state index contributed by atoms with van der Waals surface area (Å²) < 4.78 is 0. The highest BCUT2D eigenvalue weighted by Crippen LogP contribution is 2.18. The highest BCUT2D eigenvalue weighted by molar-refractivity contribution is 5.85. The van der Waals surface area contributed by atoms with Crippen molar-refractivity contribution in [3.63, 3.8) is 0 Å². The number of nitrogens with one attached hydrogen (secondary N) is 1. The maximum atomic E-state index is 3.96. The number of benzene rings is 2. The Kier molecular flexibility index (Phi) is 3.25. The third kappa shape index (κ3) is 2.25. The molecule has 1 N–H and O–H groups in total. The van der Waals surface area contributed by atoms with Crippen molar-refractivity contribution >= 4 is 10.8 Å². The van der Waals surface area contributed by atoms with Gasteiger partial charge in [-0.25, -0.2) is 0 Å². The quantitative estimate of drug-likeness (QED) is 0.810. The van der Waals surface area contributed by atoms with E-state index in [1.54, 1.807) is 0 Å². The van der Waals surface area contributed by atoms with Crippen LogP contribution in [0.25, 0.3) is 10.8 Å². The number of fused-ring (bicyclic) bond motifs is 1. The summed E-state index contributed by atoms with van der Waals surface area (Å²) in [5, 5.41) is 5.96. The topological polar surface area (TPSA) is 12.0 Å². The molecule has 2 rings (SSSR count). The van der Waals surface area contributed by atoms with Crippen molar-refractivity contribution in [2.24, 2.45) is 0 Å². The first-order chi connectivity index (χ1) is 7.81. The van der Waals surface area contributed by atoms with Crippen LogP contribution in [0.5, 0.6) is 0 Å². The van der Waals surface area contributed by atoms with Crippen molar-refractivity contribution in [1.82, 2.24) is 5.32 Å². The van der Waals surface area contributed by atoms with Crippen LogP contribution in [0.4, 0.5) is 0 Å². The van der Waals surface area contributed by atoms with Crippen molar-refractivity contribution in [2.75, 3.05) is 0 Å². The van der Waals surface area contributed by atoms with E-state index in [1.165, 1.54) is 16.3 Å². The van der Waals surface area contributed by atoms with Crippen LogP contribution in [0.15, 0.2) is 54.7 Å². The van der Waals surface area contributed by atoms with E-state index in [0.717, 1.165) is 18.7 Å². The van der Waals surface area contributed by atoms with Gasteiger partial charge in [0.2, 0.25) is 0 Å². The molecule has 0 saturated carbocycles. The van der Waals surface area contributed by atoms with Crippen LogP contribution in [0.2, 0.25) is 0 Å². The van der Waals surface area contributed by atoms with Gasteiger partial charge in [-0.2, -0.15) is 0 Å². The lowest BCUT2D eigenvalue weighted by molar-refractivity contribution is 0.781. The van der Waals surface area contributed by atoms with Gasteiger partial charge in [-0.05, 0) is 22.8 Å². The summed E-state index contributed by atoms with van der Waals surface area (Å²) in [6, 6.07) is 14.9. The normalized spacial score (nSPS) is 10.3. The first kappa shape index (κ1) is 10.7. The molecule has 0 unspecified atom stereocenters. The molecule has 0 radical (unpaired) electrons. The predicted molar refractivity (Wildman–Crippen MR) is 70.2 cm³/mol. The standard InChI is InChI=1S/C15H17N/c1-3-12(2)16-11-14-9-6-8-13-7-4-5-10-15(13)14/h4-10,16H,2-3,11H2,1H3. The lowest BCUT2D eigenvalue weighted by Gasteiger charge is -2.10. The zero-order valence-electron chi connectivity index (χ0n) is 9.66. The maximum Gasteiger partial charge on any atom is 0.0403 e. The molecule has 0 amide bonds. The molecule has 1 heteroatoms. The third-order valence-corrected chi connectivity index (χ3v) is 2.84. The van der Waals surface area contributed by atoms with Gasteiger partial charge in [0.25, 0.3) is 0 Å². The molecule has 0 saturated heterocycles. The Balaban J connectivity index is 2.27. The number of rotatable bonds is 4. The van der Waals surface area contributed by atoms with E-state index < -0.39 is 0 Å². The van der Waals surface area contributed by atoms with E-state index in [0.29, 0.717) is 0 Å². The summed E-state index contributed by atoms with van der Waals surface area (Å²) >= 11 is 0. The summed E-state index contributed by atoms with van der Waals surface area (Å²) in [7, 11) is 0. The van der Waals surface area contributed by atoms with Crippen LogP contribution in [-0.4, -0.2) is 0 Å². The second-order valence-corrected chi connectivity index (χ2v) is 3.95. The smallest absolute Gasteiger partial charge is 0.0403 e. The zero-order chi connectivity index (χ0) is 11.4. The van der Waals surface area contributed by atoms with Gasteiger partial charge in [0.05, 0.1) is 0 Å². The molecule has 0 aromatic heterocycles. The minimum absolute atomic E-state index is 0.855. The fourth-order valence-electron chi connectivity index (χ4n) is 1.79. The van der Waals surface area contributed by atoms with Crippen LogP contribution < -0.4 is 5.32 Å². The molecular weight excluding hydrogens is 194 g/mol. The minimum atomic E-state index is 0.855. The lowest BCUT2D eigenvalue weighted by Crippen LogP contribution is -2.11. The largest absolute Gasteiger partial charge is 0.385 e. The molecule has 0 heterocycles. The second kappa shape index (κ2) is 4.84. The fraction of sp³-hybridized carbons (Fsp3) is 0.200. The molecule has 0 aliphatic heterocycles. The van der Waals surface area contributed by atoms with Gasteiger partial charge in [0, 0.05) is 12.2 Å². The van der Waals surface area contributed by atoms with Crippen LogP contribution in [0.1, 0.15) is 18.9 Å². The summed E-state index contributed by atoms with van der Waals surface area (Å²) in [5.41, 5.74) is 2.42. The van der Waals surface area contributed by atoms with Gasteiger partial charge in [0.15, 0.2) is 0 Å². The first-order valence-corrected chi connectivity index (χ1v) is 5.69. The summed E-state index contributed by atoms with van der Waals surface area (Å²) in [6.45, 7) is 6.92. The number of hydrogen-bond acceptors (Lipinski definition) is 1. The minimum Gasteiger partial charge on any atom is -0.385 e. The van der Waals surface area contributed by atoms with Gasteiger partial charge in [0.1, 0.15) is 0 Å². The van der Waals surface area contributed by atoms with E-state index >= 15 is 0 Å². The number of hydrogen-bond donors (Lipinski definition) is 1. The molecule has 0 aliphatic carbocycles. The van der Waals surface area contributed by atoms with Crippen molar-refractivity contribution in [3.8, 4) is 0 Å². The van der Waals surface area contributed by atoms with Crippen LogP contribution >= 0.6 is 0 Å². The molecular formula is C15H17N. The van der Waals surface area contributed by atoms with Crippen LogP contribution in [0.3, 0.4) is 0 Å². The summed E-state index contributed by atoms with van der Waals surface area (Å²) in [6.07, 6.45) is 0.977. The fourth-order valence-corrected chi connectivity index (χ4v) is 1.79. The molecule has 0 atom stereocenters. The van der Waals surface area contributed by atoms with Gasteiger partial charge in [-0.1, -0.05) is 56.0 Å². The van der Waals surface area contributed by atoms with Crippen LogP contribution in [0, 0.1) is 0 Å².